The van der Waals surface area contributed by atoms with Crippen LogP contribution in [0.25, 0.3) is 0 Å². The Bertz CT molecular complexity index is 283. The van der Waals surface area contributed by atoms with Crippen molar-refractivity contribution in [1.29, 1.82) is 0 Å². The summed E-state index contributed by atoms with van der Waals surface area (Å²) in [5.41, 5.74) is 0.657. The lowest BCUT2D eigenvalue weighted by atomic mass is 10.1. The molecule has 0 aromatic heterocycles. The Labute approximate surface area is 82.2 Å². The quantitative estimate of drug-likeness (QED) is 0.644. The third-order valence-electron chi connectivity index (χ3n) is 1.85. The number of carbonyl (C=O) groups excluding carboxylic acids is 1. The molecule has 4 nitrogen and oxygen atoms in total. The maximum atomic E-state index is 11.3. The highest BCUT2D eigenvalue weighted by atomic mass is 16.3. The molecule has 76 valence electrons. The van der Waals surface area contributed by atoms with Crippen LogP contribution < -0.4 is 5.32 Å². The van der Waals surface area contributed by atoms with E-state index in [1.165, 1.54) is 0 Å². The fraction of sp³-hybridized carbons (Fsp3) is 0.300. The number of rotatable bonds is 4. The van der Waals surface area contributed by atoms with Gasteiger partial charge in [-0.15, -0.1) is 0 Å². The van der Waals surface area contributed by atoms with Crippen molar-refractivity contribution in [2.45, 2.75) is 0 Å². The molecule has 4 heteroatoms. The molecule has 0 aliphatic rings. The predicted molar refractivity (Wildman–Crippen MR) is 52.7 cm³/mol. The van der Waals surface area contributed by atoms with Gasteiger partial charge in [-0.2, -0.15) is 0 Å². The number of amides is 1. The van der Waals surface area contributed by atoms with Crippen LogP contribution in [0, 0.1) is 5.92 Å². The fourth-order valence-electron chi connectivity index (χ4n) is 0.989. The Morgan fingerprint density at radius 1 is 1.21 bits per heavy atom. The monoisotopic (exact) mass is 195 g/mol. The van der Waals surface area contributed by atoms with E-state index in [1.807, 2.05) is 6.07 Å². The first kappa shape index (κ1) is 10.7. The van der Waals surface area contributed by atoms with Gasteiger partial charge >= 0.3 is 0 Å². The van der Waals surface area contributed by atoms with Crippen molar-refractivity contribution in [3.8, 4) is 0 Å². The van der Waals surface area contributed by atoms with Gasteiger partial charge in [0.1, 0.15) is 0 Å². The number of carbonyl (C=O) groups is 1. The van der Waals surface area contributed by atoms with Gasteiger partial charge in [0.2, 0.25) is 5.91 Å². The Morgan fingerprint density at radius 3 is 2.29 bits per heavy atom. The van der Waals surface area contributed by atoms with E-state index >= 15 is 0 Å². The standard InChI is InChI=1S/C10H13NO3/c12-6-8(7-13)10(14)11-9-4-2-1-3-5-9/h1-5,8,12-13H,6-7H2,(H,11,14). The summed E-state index contributed by atoms with van der Waals surface area (Å²) in [7, 11) is 0. The number of aliphatic hydroxyl groups is 2. The van der Waals surface area contributed by atoms with Crippen molar-refractivity contribution in [3.05, 3.63) is 30.3 Å². The van der Waals surface area contributed by atoms with Crippen LogP contribution >= 0.6 is 0 Å². The van der Waals surface area contributed by atoms with Gasteiger partial charge in [0.15, 0.2) is 0 Å². The van der Waals surface area contributed by atoms with E-state index in [-0.39, 0.29) is 19.1 Å². The molecule has 1 aromatic rings. The maximum absolute atomic E-state index is 11.3. The number of hydrogen-bond donors (Lipinski definition) is 3. The third-order valence-corrected chi connectivity index (χ3v) is 1.85. The van der Waals surface area contributed by atoms with Gasteiger partial charge in [0.25, 0.3) is 0 Å². The molecule has 0 spiro atoms. The molecule has 14 heavy (non-hydrogen) atoms. The molecule has 3 N–H and O–H groups in total. The topological polar surface area (TPSA) is 69.6 Å². The summed E-state index contributed by atoms with van der Waals surface area (Å²) in [5, 5.41) is 20.1. The Balaban J connectivity index is 2.57. The van der Waals surface area contributed by atoms with Gasteiger partial charge in [-0.3, -0.25) is 4.79 Å². The second-order valence-electron chi connectivity index (χ2n) is 2.92. The predicted octanol–water partition coefficient (Wildman–Crippen LogP) is 0.226. The minimum Gasteiger partial charge on any atom is -0.395 e. The van der Waals surface area contributed by atoms with Crippen molar-refractivity contribution in [2.24, 2.45) is 5.92 Å². The third kappa shape index (κ3) is 2.83. The fourth-order valence-corrected chi connectivity index (χ4v) is 0.989. The van der Waals surface area contributed by atoms with Crippen LogP contribution in [0.4, 0.5) is 5.69 Å². The first-order valence-electron chi connectivity index (χ1n) is 4.35. The van der Waals surface area contributed by atoms with Crippen molar-refractivity contribution in [2.75, 3.05) is 18.5 Å². The molecule has 0 aliphatic heterocycles. The molecular weight excluding hydrogens is 182 g/mol. The van der Waals surface area contributed by atoms with Crippen molar-refractivity contribution in [3.63, 3.8) is 0 Å². The van der Waals surface area contributed by atoms with E-state index in [0.717, 1.165) is 0 Å². The van der Waals surface area contributed by atoms with Crippen LogP contribution in [0.2, 0.25) is 0 Å². The van der Waals surface area contributed by atoms with Gasteiger partial charge < -0.3 is 15.5 Å². The summed E-state index contributed by atoms with van der Waals surface area (Å²) < 4.78 is 0. The molecule has 0 unspecified atom stereocenters. The van der Waals surface area contributed by atoms with E-state index in [0.29, 0.717) is 5.69 Å². The van der Waals surface area contributed by atoms with Crippen LogP contribution in [-0.4, -0.2) is 29.3 Å². The summed E-state index contributed by atoms with van der Waals surface area (Å²) in [5.74, 6) is -1.13. The highest BCUT2D eigenvalue weighted by Crippen LogP contribution is 2.07. The SMILES string of the molecule is O=C(Nc1ccccc1)C(CO)CO. The van der Waals surface area contributed by atoms with E-state index < -0.39 is 5.92 Å². The zero-order valence-corrected chi connectivity index (χ0v) is 7.68. The number of anilines is 1. The van der Waals surface area contributed by atoms with E-state index in [9.17, 15) is 4.79 Å². The minimum atomic E-state index is -0.754. The molecule has 0 saturated heterocycles. The summed E-state index contributed by atoms with van der Waals surface area (Å²) in [4.78, 5) is 11.3. The molecular formula is C10H13NO3. The lowest BCUT2D eigenvalue weighted by molar-refractivity contribution is -0.122. The first-order chi connectivity index (χ1) is 6.77. The Hall–Kier alpha value is -1.39. The maximum Gasteiger partial charge on any atom is 0.232 e. The largest absolute Gasteiger partial charge is 0.395 e. The second-order valence-corrected chi connectivity index (χ2v) is 2.92. The van der Waals surface area contributed by atoms with Gasteiger partial charge in [-0.25, -0.2) is 0 Å². The highest BCUT2D eigenvalue weighted by molar-refractivity contribution is 5.92. The lowest BCUT2D eigenvalue weighted by Gasteiger charge is -2.11. The van der Waals surface area contributed by atoms with Gasteiger partial charge in [-0.1, -0.05) is 18.2 Å². The molecule has 1 rings (SSSR count). The molecule has 0 fully saturated rings. The number of hydrogen-bond acceptors (Lipinski definition) is 3. The summed E-state index contributed by atoms with van der Waals surface area (Å²) in [6.07, 6.45) is 0. The molecule has 0 aliphatic carbocycles. The molecule has 0 atom stereocenters. The van der Waals surface area contributed by atoms with E-state index in [4.69, 9.17) is 10.2 Å². The molecule has 0 bridgehead atoms. The van der Waals surface area contributed by atoms with Crippen LogP contribution in [0.15, 0.2) is 30.3 Å². The van der Waals surface area contributed by atoms with Crippen molar-refractivity contribution >= 4 is 11.6 Å². The van der Waals surface area contributed by atoms with E-state index in [2.05, 4.69) is 5.32 Å². The molecule has 1 amide bonds. The summed E-state index contributed by atoms with van der Waals surface area (Å²) >= 11 is 0. The highest BCUT2D eigenvalue weighted by Gasteiger charge is 2.15. The molecule has 0 radical (unpaired) electrons. The van der Waals surface area contributed by atoms with Gasteiger partial charge in [-0.05, 0) is 12.1 Å². The number of aliphatic hydroxyl groups excluding tert-OH is 2. The smallest absolute Gasteiger partial charge is 0.232 e. The van der Waals surface area contributed by atoms with Gasteiger partial charge in [0, 0.05) is 5.69 Å². The van der Waals surface area contributed by atoms with Crippen LogP contribution in [0.1, 0.15) is 0 Å². The number of nitrogens with one attached hydrogen (secondary N) is 1. The van der Waals surface area contributed by atoms with Crippen molar-refractivity contribution in [1.82, 2.24) is 0 Å². The average Bonchev–Trinajstić information content (AvgIpc) is 2.21. The van der Waals surface area contributed by atoms with Crippen LogP contribution in [-0.2, 0) is 4.79 Å². The normalized spacial score (nSPS) is 10.2. The molecule has 0 saturated carbocycles. The summed E-state index contributed by atoms with van der Waals surface area (Å²) in [6, 6.07) is 8.91. The lowest BCUT2D eigenvalue weighted by Crippen LogP contribution is -2.28. The Kier molecular flexibility index (Phi) is 4.10. The zero-order chi connectivity index (χ0) is 10.4. The minimum absolute atomic E-state index is 0.352. The van der Waals surface area contributed by atoms with Crippen LogP contribution in [0.5, 0.6) is 0 Å². The first-order valence-corrected chi connectivity index (χ1v) is 4.35. The van der Waals surface area contributed by atoms with E-state index in [1.54, 1.807) is 24.3 Å². The average molecular weight is 195 g/mol. The number of benzene rings is 1. The number of para-hydroxylation sites is 1. The molecule has 1 aromatic carbocycles. The Morgan fingerprint density at radius 2 is 1.79 bits per heavy atom. The van der Waals surface area contributed by atoms with Crippen LogP contribution in [0.3, 0.4) is 0 Å². The van der Waals surface area contributed by atoms with Crippen molar-refractivity contribution < 1.29 is 15.0 Å². The van der Waals surface area contributed by atoms with Gasteiger partial charge in [0.05, 0.1) is 19.1 Å². The zero-order valence-electron chi connectivity index (χ0n) is 7.68. The molecule has 0 heterocycles. The summed E-state index contributed by atoms with van der Waals surface area (Å²) in [6.45, 7) is -0.704. The second kappa shape index (κ2) is 5.36.